The Labute approximate surface area is 151 Å². The third kappa shape index (κ3) is 5.45. The number of carbonyl (C=O) groups excluding carboxylic acids is 1. The molecule has 1 amide bonds. The van der Waals surface area contributed by atoms with Crippen LogP contribution in [-0.4, -0.2) is 65.0 Å². The molecule has 0 atom stereocenters. The summed E-state index contributed by atoms with van der Waals surface area (Å²) in [5.74, 6) is -0.215. The van der Waals surface area contributed by atoms with Crippen molar-refractivity contribution in [2.45, 2.75) is 13.5 Å². The Hall–Kier alpha value is -2.10. The number of carbonyl (C=O) groups is 1. The van der Waals surface area contributed by atoms with Crippen molar-refractivity contribution < 1.29 is 4.79 Å². The van der Waals surface area contributed by atoms with Gasteiger partial charge in [-0.3, -0.25) is 14.7 Å². The summed E-state index contributed by atoms with van der Waals surface area (Å²) in [6.45, 7) is 8.06. The minimum Gasteiger partial charge on any atom is -0.360 e. The average molecular weight is 361 g/mol. The van der Waals surface area contributed by atoms with E-state index < -0.39 is 0 Å². The fraction of sp³-hybridized carbons (Fsp3) is 0.500. The normalized spacial score (nSPS) is 15.1. The van der Waals surface area contributed by atoms with E-state index >= 15 is 0 Å². The van der Waals surface area contributed by atoms with Crippen LogP contribution in [0.15, 0.2) is 17.8 Å². The summed E-state index contributed by atoms with van der Waals surface area (Å²) in [5, 5.41) is 12.4. The number of anilines is 1. The minimum absolute atomic E-state index is 0.215. The number of piperazine rings is 1. The lowest BCUT2D eigenvalue weighted by molar-refractivity contribution is 0.0950. The molecule has 0 aliphatic carbocycles. The molecule has 0 radical (unpaired) electrons. The van der Waals surface area contributed by atoms with E-state index in [4.69, 9.17) is 0 Å². The van der Waals surface area contributed by atoms with Gasteiger partial charge in [-0.25, -0.2) is 9.97 Å². The molecule has 8 nitrogen and oxygen atoms in total. The van der Waals surface area contributed by atoms with Crippen molar-refractivity contribution in [3.05, 3.63) is 34.9 Å². The van der Waals surface area contributed by atoms with Gasteiger partial charge >= 0.3 is 0 Å². The first-order valence-electron chi connectivity index (χ1n) is 8.39. The molecule has 1 aliphatic rings. The largest absolute Gasteiger partial charge is 0.360 e. The molecular weight excluding hydrogens is 338 g/mol. The van der Waals surface area contributed by atoms with Crippen LogP contribution in [0.1, 0.15) is 21.9 Å². The Morgan fingerprint density at radius 1 is 1.28 bits per heavy atom. The molecule has 134 valence electrons. The van der Waals surface area contributed by atoms with Crippen molar-refractivity contribution in [2.24, 2.45) is 0 Å². The molecule has 0 unspecified atom stereocenters. The third-order valence-corrected chi connectivity index (χ3v) is 4.70. The van der Waals surface area contributed by atoms with Crippen LogP contribution >= 0.6 is 11.3 Å². The number of hydrogen-bond donors (Lipinski definition) is 3. The predicted molar refractivity (Wildman–Crippen MR) is 97.9 cm³/mol. The van der Waals surface area contributed by atoms with E-state index in [1.54, 1.807) is 17.5 Å². The van der Waals surface area contributed by atoms with Gasteiger partial charge in [0.1, 0.15) is 5.69 Å². The molecule has 0 aromatic carbocycles. The van der Waals surface area contributed by atoms with Gasteiger partial charge in [-0.2, -0.15) is 0 Å². The first kappa shape index (κ1) is 17.7. The predicted octanol–water partition coefficient (Wildman–Crippen LogP) is 0.489. The van der Waals surface area contributed by atoms with Crippen LogP contribution in [0.4, 0.5) is 5.13 Å². The number of rotatable bonds is 7. The average Bonchev–Trinajstić information content (AvgIpc) is 3.07. The van der Waals surface area contributed by atoms with Crippen LogP contribution in [0, 0.1) is 6.92 Å². The molecule has 0 spiro atoms. The lowest BCUT2D eigenvalue weighted by Crippen LogP contribution is -2.42. The van der Waals surface area contributed by atoms with Crippen LogP contribution in [0.5, 0.6) is 0 Å². The molecule has 25 heavy (non-hydrogen) atoms. The number of aromatic nitrogens is 3. The smallest absolute Gasteiger partial charge is 0.271 e. The molecule has 1 saturated heterocycles. The van der Waals surface area contributed by atoms with E-state index in [0.717, 1.165) is 49.2 Å². The van der Waals surface area contributed by atoms with Gasteiger partial charge in [-0.15, -0.1) is 11.3 Å². The Balaban J connectivity index is 1.37. The Morgan fingerprint density at radius 3 is 2.88 bits per heavy atom. The first-order valence-corrected chi connectivity index (χ1v) is 9.27. The van der Waals surface area contributed by atoms with E-state index in [9.17, 15) is 4.79 Å². The molecule has 3 N–H and O–H groups in total. The highest BCUT2D eigenvalue weighted by molar-refractivity contribution is 7.13. The summed E-state index contributed by atoms with van der Waals surface area (Å²) in [6, 6.07) is 0. The summed E-state index contributed by atoms with van der Waals surface area (Å²) in [5.41, 5.74) is 2.21. The molecule has 0 saturated carbocycles. The number of thiazole rings is 1. The van der Waals surface area contributed by atoms with E-state index in [1.165, 1.54) is 6.20 Å². The fourth-order valence-corrected chi connectivity index (χ4v) is 3.24. The van der Waals surface area contributed by atoms with Crippen molar-refractivity contribution in [2.75, 3.05) is 44.6 Å². The van der Waals surface area contributed by atoms with Crippen LogP contribution in [0.2, 0.25) is 0 Å². The molecule has 0 bridgehead atoms. The van der Waals surface area contributed by atoms with Gasteiger partial charge in [0.05, 0.1) is 17.6 Å². The monoisotopic (exact) mass is 361 g/mol. The number of nitrogens with zero attached hydrogens (tertiary/aromatic N) is 4. The Bertz CT molecular complexity index is 682. The Kier molecular flexibility index (Phi) is 6.26. The zero-order chi connectivity index (χ0) is 17.5. The number of amides is 1. The second-order valence-electron chi connectivity index (χ2n) is 5.90. The maximum atomic E-state index is 11.9. The van der Waals surface area contributed by atoms with Gasteiger partial charge in [0, 0.05) is 57.4 Å². The molecule has 2 aromatic rings. The summed E-state index contributed by atoms with van der Waals surface area (Å²) in [6.07, 6.45) is 3.07. The van der Waals surface area contributed by atoms with Crippen molar-refractivity contribution >= 4 is 22.4 Å². The van der Waals surface area contributed by atoms with Gasteiger partial charge in [-0.05, 0) is 6.92 Å². The maximum absolute atomic E-state index is 11.9. The summed E-state index contributed by atoms with van der Waals surface area (Å²) >= 11 is 1.60. The second kappa shape index (κ2) is 8.84. The Morgan fingerprint density at radius 2 is 2.12 bits per heavy atom. The quantitative estimate of drug-likeness (QED) is 0.618. The molecule has 1 fully saturated rings. The maximum Gasteiger partial charge on any atom is 0.271 e. The van der Waals surface area contributed by atoms with Gasteiger partial charge < -0.3 is 16.0 Å². The van der Waals surface area contributed by atoms with Crippen molar-refractivity contribution in [3.8, 4) is 0 Å². The van der Waals surface area contributed by atoms with Crippen molar-refractivity contribution in [1.82, 2.24) is 30.5 Å². The highest BCUT2D eigenvalue weighted by atomic mass is 32.1. The number of nitrogens with one attached hydrogen (secondary N) is 3. The molecule has 1 aliphatic heterocycles. The van der Waals surface area contributed by atoms with Crippen molar-refractivity contribution in [1.29, 1.82) is 0 Å². The first-order chi connectivity index (χ1) is 12.2. The fourth-order valence-electron chi connectivity index (χ4n) is 2.51. The summed E-state index contributed by atoms with van der Waals surface area (Å²) in [7, 11) is 0. The van der Waals surface area contributed by atoms with Gasteiger partial charge in [0.25, 0.3) is 5.91 Å². The van der Waals surface area contributed by atoms with Crippen LogP contribution in [0.25, 0.3) is 0 Å². The molecule has 3 heterocycles. The summed E-state index contributed by atoms with van der Waals surface area (Å²) in [4.78, 5) is 27.1. The van der Waals surface area contributed by atoms with E-state index in [1.807, 2.05) is 6.92 Å². The zero-order valence-electron chi connectivity index (χ0n) is 14.3. The standard InChI is InChI=1S/C16H23N7OS/c1-12-8-21-14(9-20-12)15(24)18-2-3-19-16-22-13(11-25-16)10-23-6-4-17-5-7-23/h8-9,11,17H,2-7,10H2,1H3,(H,18,24)(H,19,22). The van der Waals surface area contributed by atoms with Crippen LogP contribution < -0.4 is 16.0 Å². The molecule has 9 heteroatoms. The molecule has 3 rings (SSSR count). The number of aryl methyl sites for hydroxylation is 1. The highest BCUT2D eigenvalue weighted by Crippen LogP contribution is 2.16. The van der Waals surface area contributed by atoms with E-state index in [2.05, 4.69) is 41.2 Å². The van der Waals surface area contributed by atoms with Crippen molar-refractivity contribution in [3.63, 3.8) is 0 Å². The second-order valence-corrected chi connectivity index (χ2v) is 6.75. The highest BCUT2D eigenvalue weighted by Gasteiger charge is 2.12. The van der Waals surface area contributed by atoms with E-state index in [-0.39, 0.29) is 5.91 Å². The SMILES string of the molecule is Cc1cnc(C(=O)NCCNc2nc(CN3CCNCC3)cs2)cn1. The van der Waals surface area contributed by atoms with Crippen LogP contribution in [0.3, 0.4) is 0 Å². The van der Waals surface area contributed by atoms with E-state index in [0.29, 0.717) is 18.8 Å². The van der Waals surface area contributed by atoms with Gasteiger partial charge in [0.15, 0.2) is 5.13 Å². The van der Waals surface area contributed by atoms with Crippen LogP contribution in [-0.2, 0) is 6.54 Å². The third-order valence-electron chi connectivity index (χ3n) is 3.85. The topological polar surface area (TPSA) is 95.1 Å². The van der Waals surface area contributed by atoms with Gasteiger partial charge in [-0.1, -0.05) is 0 Å². The summed E-state index contributed by atoms with van der Waals surface area (Å²) < 4.78 is 0. The van der Waals surface area contributed by atoms with Gasteiger partial charge in [0.2, 0.25) is 0 Å². The number of hydrogen-bond acceptors (Lipinski definition) is 8. The minimum atomic E-state index is -0.215. The molecule has 2 aromatic heterocycles. The lowest BCUT2D eigenvalue weighted by atomic mass is 10.3. The lowest BCUT2D eigenvalue weighted by Gasteiger charge is -2.26. The zero-order valence-corrected chi connectivity index (χ0v) is 15.1. The molecular formula is C16H23N7OS.